The zero-order chi connectivity index (χ0) is 21.0. The summed E-state index contributed by atoms with van der Waals surface area (Å²) in [6.45, 7) is 8.97. The van der Waals surface area contributed by atoms with E-state index in [-0.39, 0.29) is 0 Å². The van der Waals surface area contributed by atoms with Gasteiger partial charge in [-0.3, -0.25) is 0 Å². The van der Waals surface area contributed by atoms with Gasteiger partial charge in [-0.1, -0.05) is 37.6 Å². The fourth-order valence-electron chi connectivity index (χ4n) is 4.10. The van der Waals surface area contributed by atoms with E-state index in [0.717, 1.165) is 52.4 Å². The van der Waals surface area contributed by atoms with Gasteiger partial charge in [0, 0.05) is 37.6 Å². The fourth-order valence-corrected chi connectivity index (χ4v) is 4.10. The standard InChI is InChI=1S/C26H34N2O3/c1-2-3-12-27(14-24-17-29-24)22-8-4-20(5-9-22)13-21-6-10-23(11-7-21)28(15-25-18-30-25)16-26-19-31-26/h4-11,24-26H,2-3,12-19H2,1H3. The van der Waals surface area contributed by atoms with Crippen molar-refractivity contribution in [3.8, 4) is 0 Å². The quantitative estimate of drug-likeness (QED) is 0.458. The highest BCUT2D eigenvalue weighted by atomic mass is 16.6. The van der Waals surface area contributed by atoms with E-state index in [2.05, 4.69) is 65.3 Å². The van der Waals surface area contributed by atoms with E-state index in [4.69, 9.17) is 14.2 Å². The lowest BCUT2D eigenvalue weighted by atomic mass is 10.0. The molecule has 5 nitrogen and oxygen atoms in total. The van der Waals surface area contributed by atoms with Crippen molar-refractivity contribution in [3.63, 3.8) is 0 Å². The molecule has 0 N–H and O–H groups in total. The van der Waals surface area contributed by atoms with E-state index < -0.39 is 0 Å². The third-order valence-corrected chi connectivity index (χ3v) is 6.27. The number of benzene rings is 2. The van der Waals surface area contributed by atoms with Crippen LogP contribution in [-0.4, -0.2) is 64.3 Å². The summed E-state index contributed by atoms with van der Waals surface area (Å²) in [5.41, 5.74) is 5.27. The third-order valence-electron chi connectivity index (χ3n) is 6.27. The summed E-state index contributed by atoms with van der Waals surface area (Å²) in [5.74, 6) is 0. The van der Waals surface area contributed by atoms with E-state index in [9.17, 15) is 0 Å². The van der Waals surface area contributed by atoms with Gasteiger partial charge in [0.05, 0.1) is 38.1 Å². The summed E-state index contributed by atoms with van der Waals surface area (Å²) in [6.07, 6.45) is 4.60. The molecule has 3 fully saturated rings. The topological polar surface area (TPSA) is 44.1 Å². The Morgan fingerprint density at radius 3 is 1.52 bits per heavy atom. The summed E-state index contributed by atoms with van der Waals surface area (Å²) in [5, 5.41) is 0. The van der Waals surface area contributed by atoms with Gasteiger partial charge in [0.1, 0.15) is 0 Å². The molecule has 3 aliphatic rings. The first-order chi connectivity index (χ1) is 15.3. The second-order valence-corrected chi connectivity index (χ2v) is 9.08. The zero-order valence-electron chi connectivity index (χ0n) is 18.5. The van der Waals surface area contributed by atoms with Crippen LogP contribution in [0.2, 0.25) is 0 Å². The van der Waals surface area contributed by atoms with Gasteiger partial charge in [0.25, 0.3) is 0 Å². The van der Waals surface area contributed by atoms with Crippen LogP contribution in [0.3, 0.4) is 0 Å². The molecule has 2 aromatic rings. The molecule has 3 atom stereocenters. The van der Waals surface area contributed by atoms with Gasteiger partial charge in [-0.25, -0.2) is 0 Å². The van der Waals surface area contributed by atoms with Crippen LogP contribution in [0.25, 0.3) is 0 Å². The Morgan fingerprint density at radius 1 is 0.677 bits per heavy atom. The van der Waals surface area contributed by atoms with E-state index in [1.54, 1.807) is 0 Å². The molecule has 2 aromatic carbocycles. The van der Waals surface area contributed by atoms with Crippen molar-refractivity contribution in [1.29, 1.82) is 0 Å². The maximum Gasteiger partial charge on any atom is 0.0984 e. The number of ether oxygens (including phenoxy) is 3. The minimum Gasteiger partial charge on any atom is -0.371 e. The Morgan fingerprint density at radius 2 is 1.10 bits per heavy atom. The average Bonchev–Trinajstić information content (AvgIpc) is 3.62. The predicted octanol–water partition coefficient (Wildman–Crippen LogP) is 3.89. The Hall–Kier alpha value is -2.08. The second kappa shape index (κ2) is 9.60. The van der Waals surface area contributed by atoms with Crippen LogP contribution in [0.5, 0.6) is 0 Å². The van der Waals surface area contributed by atoms with Crippen LogP contribution in [0.15, 0.2) is 48.5 Å². The molecule has 0 amide bonds. The smallest absolute Gasteiger partial charge is 0.0984 e. The minimum atomic E-state index is 0.389. The van der Waals surface area contributed by atoms with Crippen LogP contribution < -0.4 is 9.80 Å². The van der Waals surface area contributed by atoms with Gasteiger partial charge in [0.15, 0.2) is 0 Å². The molecule has 166 valence electrons. The first kappa shape index (κ1) is 20.8. The number of epoxide rings is 3. The Labute approximate surface area is 185 Å². The number of rotatable bonds is 13. The van der Waals surface area contributed by atoms with Crippen molar-refractivity contribution in [2.75, 3.05) is 55.8 Å². The molecule has 0 radical (unpaired) electrons. The molecular weight excluding hydrogens is 388 g/mol. The SMILES string of the molecule is CCCCN(CC1CO1)c1ccc(Cc2ccc(N(CC3CO3)CC3CO3)cc2)cc1. The van der Waals surface area contributed by atoms with Crippen molar-refractivity contribution in [2.45, 2.75) is 44.5 Å². The lowest BCUT2D eigenvalue weighted by molar-refractivity contribution is 0.389. The first-order valence-electron chi connectivity index (χ1n) is 11.8. The molecule has 0 aliphatic carbocycles. The minimum absolute atomic E-state index is 0.389. The number of unbranched alkanes of at least 4 members (excludes halogenated alkanes) is 1. The summed E-state index contributed by atoms with van der Waals surface area (Å²) >= 11 is 0. The molecule has 0 spiro atoms. The summed E-state index contributed by atoms with van der Waals surface area (Å²) < 4.78 is 16.3. The third kappa shape index (κ3) is 6.22. The van der Waals surface area contributed by atoms with Crippen LogP contribution in [0.4, 0.5) is 11.4 Å². The van der Waals surface area contributed by atoms with Gasteiger partial charge < -0.3 is 24.0 Å². The van der Waals surface area contributed by atoms with Gasteiger partial charge in [-0.15, -0.1) is 0 Å². The number of hydrogen-bond acceptors (Lipinski definition) is 5. The fraction of sp³-hybridized carbons (Fsp3) is 0.538. The van der Waals surface area contributed by atoms with Crippen LogP contribution in [0.1, 0.15) is 30.9 Å². The molecular formula is C26H34N2O3. The average molecular weight is 423 g/mol. The molecule has 3 aliphatic heterocycles. The van der Waals surface area contributed by atoms with E-state index in [1.807, 2.05) is 0 Å². The predicted molar refractivity (Wildman–Crippen MR) is 124 cm³/mol. The number of hydrogen-bond donors (Lipinski definition) is 0. The van der Waals surface area contributed by atoms with Crippen molar-refractivity contribution < 1.29 is 14.2 Å². The molecule has 3 heterocycles. The highest BCUT2D eigenvalue weighted by molar-refractivity contribution is 5.51. The van der Waals surface area contributed by atoms with E-state index in [0.29, 0.717) is 18.3 Å². The monoisotopic (exact) mass is 422 g/mol. The highest BCUT2D eigenvalue weighted by Crippen LogP contribution is 2.25. The Balaban J connectivity index is 1.20. The lowest BCUT2D eigenvalue weighted by Gasteiger charge is -2.24. The van der Waals surface area contributed by atoms with Crippen LogP contribution >= 0.6 is 0 Å². The lowest BCUT2D eigenvalue weighted by Crippen LogP contribution is -2.31. The van der Waals surface area contributed by atoms with E-state index in [1.165, 1.54) is 35.3 Å². The van der Waals surface area contributed by atoms with Crippen molar-refractivity contribution in [2.24, 2.45) is 0 Å². The second-order valence-electron chi connectivity index (χ2n) is 9.08. The molecule has 0 aromatic heterocycles. The molecule has 5 heteroatoms. The molecule has 3 unspecified atom stereocenters. The Bertz CT molecular complexity index is 813. The molecule has 5 rings (SSSR count). The van der Waals surface area contributed by atoms with Gasteiger partial charge >= 0.3 is 0 Å². The number of nitrogens with zero attached hydrogens (tertiary/aromatic N) is 2. The first-order valence-corrected chi connectivity index (χ1v) is 11.8. The molecule has 3 saturated heterocycles. The van der Waals surface area contributed by atoms with Gasteiger partial charge in [-0.05, 0) is 48.2 Å². The normalized spacial score (nSPS) is 23.5. The number of anilines is 2. The van der Waals surface area contributed by atoms with Crippen molar-refractivity contribution in [3.05, 3.63) is 59.7 Å². The van der Waals surface area contributed by atoms with E-state index >= 15 is 0 Å². The Kier molecular flexibility index (Phi) is 6.44. The van der Waals surface area contributed by atoms with Crippen molar-refractivity contribution in [1.82, 2.24) is 0 Å². The summed E-state index contributed by atoms with van der Waals surface area (Å²) in [4.78, 5) is 4.88. The maximum absolute atomic E-state index is 5.46. The molecule has 0 saturated carbocycles. The summed E-state index contributed by atoms with van der Waals surface area (Å²) in [6, 6.07) is 18.1. The van der Waals surface area contributed by atoms with Crippen molar-refractivity contribution >= 4 is 11.4 Å². The largest absolute Gasteiger partial charge is 0.371 e. The zero-order valence-corrected chi connectivity index (χ0v) is 18.5. The summed E-state index contributed by atoms with van der Waals surface area (Å²) in [7, 11) is 0. The van der Waals surface area contributed by atoms with Gasteiger partial charge in [0.2, 0.25) is 0 Å². The highest BCUT2D eigenvalue weighted by Gasteiger charge is 2.31. The molecule has 31 heavy (non-hydrogen) atoms. The maximum atomic E-state index is 5.46. The van der Waals surface area contributed by atoms with Gasteiger partial charge in [-0.2, -0.15) is 0 Å². The van der Waals surface area contributed by atoms with Crippen LogP contribution in [-0.2, 0) is 20.6 Å². The molecule has 0 bridgehead atoms. The van der Waals surface area contributed by atoms with Crippen LogP contribution in [0, 0.1) is 0 Å².